The highest BCUT2D eigenvalue weighted by Crippen LogP contribution is 2.46. The minimum atomic E-state index is -1.03. The molecule has 6 heterocycles. The van der Waals surface area contributed by atoms with Gasteiger partial charge in [-0.2, -0.15) is 0 Å². The number of aliphatic hydroxyl groups excluding tert-OH is 2. The fourth-order valence-corrected chi connectivity index (χ4v) is 15.9. The van der Waals surface area contributed by atoms with E-state index in [2.05, 4.69) is 67.2 Å². The van der Waals surface area contributed by atoms with Crippen molar-refractivity contribution in [1.82, 2.24) is 16.0 Å². The number of benzene rings is 2. The number of carbonyl (C=O) groups is 7. The molecule has 2 spiro atoms. The number of Topliss-reactive ketones (excluding diaryl/α,β-unsaturated/α-hetero) is 2. The number of amides is 3. The molecule has 4 unspecified atom stereocenters. The highest BCUT2D eigenvalue weighted by Gasteiger charge is 2.44. The van der Waals surface area contributed by atoms with Crippen molar-refractivity contribution in [3.8, 4) is 11.1 Å². The Morgan fingerprint density at radius 1 is 0.558 bits per heavy atom. The van der Waals surface area contributed by atoms with Crippen LogP contribution in [0.15, 0.2) is 98.1 Å². The zero-order valence-electron chi connectivity index (χ0n) is 63.8. The zero-order valence-corrected chi connectivity index (χ0v) is 63.8. The number of ether oxygens (including phenoxy) is 7. The number of hydrogen-bond acceptors (Lipinski definition) is 16. The van der Waals surface area contributed by atoms with Crippen molar-refractivity contribution in [3.63, 3.8) is 0 Å². The van der Waals surface area contributed by atoms with E-state index in [1.807, 2.05) is 50.3 Å². The average molecular weight is 1450 g/mol. The lowest BCUT2D eigenvalue weighted by Gasteiger charge is -2.46. The van der Waals surface area contributed by atoms with Crippen molar-refractivity contribution in [2.45, 2.75) is 320 Å². The van der Waals surface area contributed by atoms with Gasteiger partial charge in [0.1, 0.15) is 18.2 Å². The van der Waals surface area contributed by atoms with Crippen LogP contribution in [0.1, 0.15) is 258 Å². The van der Waals surface area contributed by atoms with E-state index >= 15 is 0 Å². The van der Waals surface area contributed by atoms with Crippen molar-refractivity contribution in [2.24, 2.45) is 23.7 Å². The van der Waals surface area contributed by atoms with Gasteiger partial charge in [-0.1, -0.05) is 101 Å². The summed E-state index contributed by atoms with van der Waals surface area (Å²) in [6.45, 7) is 21.6. The second-order valence-electron chi connectivity index (χ2n) is 30.6. The van der Waals surface area contributed by atoms with Crippen LogP contribution in [-0.4, -0.2) is 150 Å². The molecule has 0 aromatic heterocycles. The molecule has 7 aliphatic rings. The summed E-state index contributed by atoms with van der Waals surface area (Å²) in [6, 6.07) is 16.3. The summed E-state index contributed by atoms with van der Waals surface area (Å²) in [6.07, 6.45) is 33.6. The molecule has 3 amide bonds. The third-order valence-corrected chi connectivity index (χ3v) is 22.1. The molecule has 0 radical (unpaired) electrons. The van der Waals surface area contributed by atoms with E-state index in [9.17, 15) is 43.8 Å². The van der Waals surface area contributed by atoms with Crippen LogP contribution in [0.25, 0.3) is 11.1 Å². The van der Waals surface area contributed by atoms with E-state index in [1.165, 1.54) is 0 Å². The molecule has 0 bridgehead atoms. The van der Waals surface area contributed by atoms with Crippen LogP contribution in [0.5, 0.6) is 0 Å². The molecule has 2 aromatic rings. The second-order valence-corrected chi connectivity index (χ2v) is 30.6. The van der Waals surface area contributed by atoms with Gasteiger partial charge in [-0.25, -0.2) is 4.79 Å². The Morgan fingerprint density at radius 2 is 0.981 bits per heavy atom. The van der Waals surface area contributed by atoms with E-state index in [4.69, 9.17) is 33.2 Å². The van der Waals surface area contributed by atoms with Crippen LogP contribution in [0, 0.1) is 23.7 Å². The number of carbonyl (C=O) groups excluding carboxylic acids is 7. The fourth-order valence-electron chi connectivity index (χ4n) is 15.9. The highest BCUT2D eigenvalue weighted by atomic mass is 16.7. The third kappa shape index (κ3) is 27.6. The van der Waals surface area contributed by atoms with Gasteiger partial charge < -0.3 is 59.3 Å². The van der Waals surface area contributed by atoms with Gasteiger partial charge in [-0.15, -0.1) is 13.2 Å². The summed E-state index contributed by atoms with van der Waals surface area (Å²) in [4.78, 5) is 85.2. The Labute approximate surface area is 621 Å². The molecular formula is C85H127N3O16. The van der Waals surface area contributed by atoms with Crippen LogP contribution in [0.2, 0.25) is 0 Å². The normalized spacial score (nSPS) is 27.9. The summed E-state index contributed by atoms with van der Waals surface area (Å²) in [5.41, 5.74) is 4.59. The first-order valence-electron chi connectivity index (χ1n) is 39.6. The maximum Gasteiger partial charge on any atom is 0.407 e. The number of rotatable bonds is 35. The smallest absolute Gasteiger partial charge is 0.407 e. The largest absolute Gasteiger partial charge is 0.449 e. The van der Waals surface area contributed by atoms with E-state index < -0.39 is 41.7 Å². The summed E-state index contributed by atoms with van der Waals surface area (Å²) in [5.74, 6) is -1.68. The van der Waals surface area contributed by atoms with E-state index in [1.54, 1.807) is 45.1 Å². The Bertz CT molecular complexity index is 3060. The van der Waals surface area contributed by atoms with Crippen LogP contribution < -0.4 is 16.0 Å². The maximum absolute atomic E-state index is 12.7. The molecule has 19 nitrogen and oxygen atoms in total. The number of fused-ring (bicyclic) bond motifs is 3. The summed E-state index contributed by atoms with van der Waals surface area (Å²) in [5, 5.41) is 29.7. The third-order valence-electron chi connectivity index (χ3n) is 22.1. The SMILES string of the molecule is C/C=C/C(=O)C[C@@H]1CCC(C)C(CC(C)=O)O1.C=CCC[C@@H]1CCC[C@]2(CCC[C@@H](CCCNC(=O)[C@@H](C)[C@@H](O)CCC(=O)CC3O[C@H](CC(=O)/C=C/C)CCC3C)O2)O1.C=CCC[C@@H]1CCC[C@]2(CCC[C@@H](CCCNC(=O)[C@@H](C)[C@@H](O)CNC(=O)OCC3c4ccccc4-c4ccccc43)O2)O1. The van der Waals surface area contributed by atoms with Crippen molar-refractivity contribution < 1.29 is 76.9 Å². The van der Waals surface area contributed by atoms with Crippen molar-refractivity contribution in [2.75, 3.05) is 26.2 Å². The molecule has 19 heteroatoms. The quantitative estimate of drug-likeness (QED) is 0.0244. The van der Waals surface area contributed by atoms with Gasteiger partial charge in [0.15, 0.2) is 23.1 Å². The van der Waals surface area contributed by atoms with Gasteiger partial charge in [0.25, 0.3) is 0 Å². The maximum atomic E-state index is 12.7. The molecule has 6 fully saturated rings. The topological polar surface area (TPSA) is 261 Å². The number of hydrogen-bond donors (Lipinski definition) is 5. The Morgan fingerprint density at radius 3 is 1.41 bits per heavy atom. The molecule has 104 heavy (non-hydrogen) atoms. The Kier molecular flexibility index (Phi) is 36.3. The predicted octanol–water partition coefficient (Wildman–Crippen LogP) is 15.0. The monoisotopic (exact) mass is 1450 g/mol. The first kappa shape index (κ1) is 85.2. The van der Waals surface area contributed by atoms with Crippen molar-refractivity contribution >= 4 is 41.0 Å². The van der Waals surface area contributed by atoms with E-state index in [0.29, 0.717) is 38.3 Å². The standard InChI is InChI=1S/C36H48N2O6.C35H57NO7.C14H22O3/c1-3-4-12-26-13-9-20-36(43-26)21-10-14-27(44-36)15-11-22-37-34(40)25(2)33(39)23-38-35(41)42-24-32-30-18-7-5-16-28(30)29-17-6-8-19-31(29)32;1-5-7-12-29-13-8-20-35(42-29)21-9-14-30(43-35)15-10-22-36-34(40)26(4)32(39)19-17-28(38)24-33-25(3)16-18-31(41-33)23-27(37)11-6-2;1-4-5-12(16)9-13-7-6-10(2)14(17-13)8-11(3)15/h3,5-8,16-19,25-27,32-33,39H,1,4,9-15,20-24H2,2H3,(H,37,40)(H,38,41);5-6,11,25-26,29-33,39H,1,7-10,12-24H2,2-4H3,(H,36,40);4-5,10,13-14H,6-9H2,1-3H3/b;11-6+;5-4+/t25-,26+,27-,33-,36-;25?,26-,29+,30-,31-,32-,33?,35-;10?,13-,14?/m000/s1. The Balaban J connectivity index is 0.000000238. The van der Waals surface area contributed by atoms with E-state index in [-0.39, 0.29) is 128 Å². The van der Waals surface area contributed by atoms with Crippen molar-refractivity contribution in [3.05, 3.63) is 109 Å². The highest BCUT2D eigenvalue weighted by molar-refractivity contribution is 5.90. The molecule has 1 aliphatic carbocycles. The molecule has 16 atom stereocenters. The molecule has 5 N–H and O–H groups in total. The lowest BCUT2D eigenvalue weighted by Crippen LogP contribution is -2.48. The van der Waals surface area contributed by atoms with Crippen LogP contribution >= 0.6 is 0 Å². The molecule has 6 saturated heterocycles. The lowest BCUT2D eigenvalue weighted by atomic mass is 9.88. The van der Waals surface area contributed by atoms with Gasteiger partial charge in [0.05, 0.1) is 72.9 Å². The molecule has 578 valence electrons. The Hall–Kier alpha value is -6.03. The molecule has 0 saturated carbocycles. The average Bonchev–Trinajstić information content (AvgIpc) is 1.58. The molecular weight excluding hydrogens is 1320 g/mol. The van der Waals surface area contributed by atoms with Gasteiger partial charge >= 0.3 is 6.09 Å². The number of ketones is 4. The predicted molar refractivity (Wildman–Crippen MR) is 404 cm³/mol. The van der Waals surface area contributed by atoms with Gasteiger partial charge in [-0.05, 0) is 202 Å². The number of alkyl carbamates (subject to hydrolysis) is 1. The minimum Gasteiger partial charge on any atom is -0.449 e. The number of allylic oxidation sites excluding steroid dienone is 6. The van der Waals surface area contributed by atoms with Gasteiger partial charge in [0, 0.05) is 83.3 Å². The fraction of sp³-hybridized carbons (Fsp3) is 0.682. The summed E-state index contributed by atoms with van der Waals surface area (Å²) in [7, 11) is 0. The zero-order chi connectivity index (χ0) is 75.0. The lowest BCUT2D eigenvalue weighted by molar-refractivity contribution is -0.316. The van der Waals surface area contributed by atoms with Crippen LogP contribution in [0.4, 0.5) is 4.79 Å². The van der Waals surface area contributed by atoms with Gasteiger partial charge in [0.2, 0.25) is 11.8 Å². The first-order chi connectivity index (χ1) is 50.1. The number of aliphatic hydroxyl groups is 2. The molecule has 6 aliphatic heterocycles. The van der Waals surface area contributed by atoms with Crippen molar-refractivity contribution in [1.29, 1.82) is 0 Å². The summed E-state index contributed by atoms with van der Waals surface area (Å²) < 4.78 is 43.4. The van der Waals surface area contributed by atoms with Gasteiger partial charge in [-0.3, -0.25) is 28.8 Å². The molecule has 9 rings (SSSR count). The summed E-state index contributed by atoms with van der Waals surface area (Å²) >= 11 is 0. The van der Waals surface area contributed by atoms with E-state index in [0.717, 1.165) is 176 Å². The minimum absolute atomic E-state index is 0.00958. The van der Waals surface area contributed by atoms with Crippen LogP contribution in [-0.2, 0) is 61.9 Å². The first-order valence-corrected chi connectivity index (χ1v) is 39.6. The molecule has 2 aromatic carbocycles. The second kappa shape index (κ2) is 44.3. The number of nitrogens with one attached hydrogen (secondary N) is 3. The van der Waals surface area contributed by atoms with Crippen LogP contribution in [0.3, 0.4) is 0 Å².